The largest absolute Gasteiger partial charge is 0.219 e. The third kappa shape index (κ3) is 2.50. The zero-order chi connectivity index (χ0) is 14.0. The third-order valence-electron chi connectivity index (χ3n) is 4.07. The van der Waals surface area contributed by atoms with Gasteiger partial charge in [-0.2, -0.15) is 0 Å². The van der Waals surface area contributed by atoms with Crippen LogP contribution in [0.1, 0.15) is 37.2 Å². The molecule has 0 amide bonds. The van der Waals surface area contributed by atoms with Crippen molar-refractivity contribution in [1.82, 2.24) is 0 Å². The van der Waals surface area contributed by atoms with Crippen molar-refractivity contribution in [2.24, 2.45) is 0 Å². The van der Waals surface area contributed by atoms with Crippen LogP contribution in [0.15, 0.2) is 64.4 Å². The highest BCUT2D eigenvalue weighted by molar-refractivity contribution is 7.91. The van der Waals surface area contributed by atoms with Crippen molar-refractivity contribution in [3.63, 3.8) is 0 Å². The Morgan fingerprint density at radius 1 is 0.750 bits per heavy atom. The molecule has 2 nitrogen and oxygen atoms in total. The number of benzene rings is 2. The summed E-state index contributed by atoms with van der Waals surface area (Å²) in [5.74, 6) is 0.614. The van der Waals surface area contributed by atoms with Crippen LogP contribution in [0.5, 0.6) is 0 Å². The van der Waals surface area contributed by atoms with Crippen molar-refractivity contribution >= 4 is 9.84 Å². The first kappa shape index (κ1) is 13.4. The van der Waals surface area contributed by atoms with E-state index in [2.05, 4.69) is 0 Å². The fraction of sp³-hybridized carbons (Fsp3) is 0.294. The van der Waals surface area contributed by atoms with E-state index in [1.54, 1.807) is 36.4 Å². The van der Waals surface area contributed by atoms with Crippen LogP contribution in [0.3, 0.4) is 0 Å². The standard InChI is InChI=1S/C17H18O2S/c18-20(19,16-8-2-1-3-9-16)17-12-10-15(11-13-17)14-6-4-5-7-14/h1-3,8-14H,4-7H2. The summed E-state index contributed by atoms with van der Waals surface area (Å²) in [4.78, 5) is 0.735. The van der Waals surface area contributed by atoms with E-state index in [0.717, 1.165) is 0 Å². The van der Waals surface area contributed by atoms with Crippen LogP contribution in [0.2, 0.25) is 0 Å². The molecule has 1 aliphatic carbocycles. The lowest BCUT2D eigenvalue weighted by atomic mass is 9.98. The molecule has 0 bridgehead atoms. The number of sulfone groups is 1. The molecule has 0 saturated heterocycles. The maximum absolute atomic E-state index is 12.5. The maximum Gasteiger partial charge on any atom is 0.206 e. The van der Waals surface area contributed by atoms with Gasteiger partial charge in [-0.25, -0.2) is 8.42 Å². The second-order valence-corrected chi connectivity index (χ2v) is 7.32. The maximum atomic E-state index is 12.5. The lowest BCUT2D eigenvalue weighted by molar-refractivity contribution is 0.596. The van der Waals surface area contributed by atoms with Gasteiger partial charge >= 0.3 is 0 Å². The molecule has 0 radical (unpaired) electrons. The van der Waals surface area contributed by atoms with Gasteiger partial charge in [0.25, 0.3) is 0 Å². The Morgan fingerprint density at radius 3 is 1.90 bits per heavy atom. The van der Waals surface area contributed by atoms with Gasteiger partial charge in [0.15, 0.2) is 0 Å². The Bertz CT molecular complexity index is 667. The normalized spacial score (nSPS) is 16.4. The molecule has 1 saturated carbocycles. The Hall–Kier alpha value is -1.61. The summed E-state index contributed by atoms with van der Waals surface area (Å²) in [5.41, 5.74) is 1.27. The average molecular weight is 286 g/mol. The van der Waals surface area contributed by atoms with Gasteiger partial charge in [0, 0.05) is 0 Å². The fourth-order valence-corrected chi connectivity index (χ4v) is 4.20. The van der Waals surface area contributed by atoms with Gasteiger partial charge in [-0.1, -0.05) is 43.2 Å². The summed E-state index contributed by atoms with van der Waals surface area (Å²) < 4.78 is 24.9. The van der Waals surface area contributed by atoms with E-state index in [1.807, 2.05) is 18.2 Å². The Labute approximate surface area is 120 Å². The molecular formula is C17H18O2S. The molecule has 1 fully saturated rings. The van der Waals surface area contributed by atoms with E-state index in [4.69, 9.17) is 0 Å². The first-order valence-corrected chi connectivity index (χ1v) is 8.56. The summed E-state index contributed by atoms with van der Waals surface area (Å²) >= 11 is 0. The van der Waals surface area contributed by atoms with Crippen molar-refractivity contribution < 1.29 is 8.42 Å². The van der Waals surface area contributed by atoms with E-state index in [9.17, 15) is 8.42 Å². The molecule has 3 heteroatoms. The molecule has 2 aromatic rings. The van der Waals surface area contributed by atoms with Gasteiger partial charge in [-0.3, -0.25) is 0 Å². The molecule has 1 aliphatic rings. The lowest BCUT2D eigenvalue weighted by Crippen LogP contribution is -2.02. The lowest BCUT2D eigenvalue weighted by Gasteiger charge is -2.10. The Balaban J connectivity index is 1.91. The molecule has 104 valence electrons. The predicted octanol–water partition coefficient (Wildman–Crippen LogP) is 4.18. The SMILES string of the molecule is O=S(=O)(c1ccccc1)c1ccc(C2CCCC2)cc1. The molecule has 0 N–H and O–H groups in total. The van der Waals surface area contributed by atoms with Crippen molar-refractivity contribution in [2.75, 3.05) is 0 Å². The molecule has 3 rings (SSSR count). The van der Waals surface area contributed by atoms with Gasteiger partial charge in [0.2, 0.25) is 9.84 Å². The van der Waals surface area contributed by atoms with E-state index in [1.165, 1.54) is 31.2 Å². The van der Waals surface area contributed by atoms with E-state index in [0.29, 0.717) is 15.7 Å². The van der Waals surface area contributed by atoms with Crippen molar-refractivity contribution in [3.05, 3.63) is 60.2 Å². The molecule has 20 heavy (non-hydrogen) atoms. The monoisotopic (exact) mass is 286 g/mol. The molecule has 0 atom stereocenters. The molecule has 2 aromatic carbocycles. The molecule has 0 aromatic heterocycles. The summed E-state index contributed by atoms with van der Waals surface area (Å²) in [7, 11) is -3.38. The van der Waals surface area contributed by atoms with Crippen molar-refractivity contribution in [1.29, 1.82) is 0 Å². The Kier molecular flexibility index (Phi) is 3.62. The quantitative estimate of drug-likeness (QED) is 0.848. The minimum atomic E-state index is -3.38. The van der Waals surface area contributed by atoms with Crippen LogP contribution < -0.4 is 0 Å². The van der Waals surface area contributed by atoms with Gasteiger partial charge in [0.1, 0.15) is 0 Å². The highest BCUT2D eigenvalue weighted by Gasteiger charge is 2.20. The molecule has 0 unspecified atom stereocenters. The molecule has 0 spiro atoms. The highest BCUT2D eigenvalue weighted by atomic mass is 32.2. The van der Waals surface area contributed by atoms with Gasteiger partial charge < -0.3 is 0 Å². The van der Waals surface area contributed by atoms with Crippen molar-refractivity contribution in [3.8, 4) is 0 Å². The summed E-state index contributed by atoms with van der Waals surface area (Å²) in [6.07, 6.45) is 5.03. The van der Waals surface area contributed by atoms with Gasteiger partial charge in [-0.15, -0.1) is 0 Å². The van der Waals surface area contributed by atoms with Gasteiger partial charge in [-0.05, 0) is 48.6 Å². The van der Waals surface area contributed by atoms with E-state index < -0.39 is 9.84 Å². The number of rotatable bonds is 3. The minimum Gasteiger partial charge on any atom is -0.219 e. The van der Waals surface area contributed by atoms with Crippen LogP contribution in [-0.4, -0.2) is 8.42 Å². The van der Waals surface area contributed by atoms with Crippen LogP contribution >= 0.6 is 0 Å². The van der Waals surface area contributed by atoms with Gasteiger partial charge in [0.05, 0.1) is 9.79 Å². The third-order valence-corrected chi connectivity index (χ3v) is 5.86. The summed E-state index contributed by atoms with van der Waals surface area (Å²) in [6, 6.07) is 16.0. The topological polar surface area (TPSA) is 34.1 Å². The Morgan fingerprint density at radius 2 is 1.30 bits per heavy atom. The number of hydrogen-bond acceptors (Lipinski definition) is 2. The summed E-state index contributed by atoms with van der Waals surface area (Å²) in [5, 5.41) is 0. The zero-order valence-corrected chi connectivity index (χ0v) is 12.1. The van der Waals surface area contributed by atoms with Crippen molar-refractivity contribution in [2.45, 2.75) is 41.4 Å². The van der Waals surface area contributed by atoms with Crippen LogP contribution in [-0.2, 0) is 9.84 Å². The molecule has 0 heterocycles. The van der Waals surface area contributed by atoms with E-state index >= 15 is 0 Å². The second kappa shape index (κ2) is 5.41. The summed E-state index contributed by atoms with van der Waals surface area (Å²) in [6.45, 7) is 0. The molecule has 0 aliphatic heterocycles. The first-order chi connectivity index (χ1) is 9.68. The zero-order valence-electron chi connectivity index (χ0n) is 11.3. The second-order valence-electron chi connectivity index (χ2n) is 5.37. The van der Waals surface area contributed by atoms with E-state index in [-0.39, 0.29) is 0 Å². The molecular weight excluding hydrogens is 268 g/mol. The number of hydrogen-bond donors (Lipinski definition) is 0. The first-order valence-electron chi connectivity index (χ1n) is 7.08. The van der Waals surface area contributed by atoms with Crippen LogP contribution in [0, 0.1) is 0 Å². The highest BCUT2D eigenvalue weighted by Crippen LogP contribution is 2.34. The smallest absolute Gasteiger partial charge is 0.206 e. The average Bonchev–Trinajstić information content (AvgIpc) is 3.02. The van der Waals surface area contributed by atoms with Crippen LogP contribution in [0.4, 0.5) is 0 Å². The predicted molar refractivity (Wildman–Crippen MR) is 79.5 cm³/mol. The fourth-order valence-electron chi connectivity index (χ4n) is 2.91. The van der Waals surface area contributed by atoms with Crippen LogP contribution in [0.25, 0.3) is 0 Å². The minimum absolute atomic E-state index is 0.355.